The van der Waals surface area contributed by atoms with Gasteiger partial charge in [-0.15, -0.1) is 11.3 Å². The van der Waals surface area contributed by atoms with Gasteiger partial charge < -0.3 is 15.2 Å². The molecule has 2 N–H and O–H groups in total. The number of aliphatic hydroxyl groups is 1. The third-order valence-corrected chi connectivity index (χ3v) is 3.89. The maximum atomic E-state index is 9.89. The van der Waals surface area contributed by atoms with Gasteiger partial charge in [-0.05, 0) is 42.0 Å². The van der Waals surface area contributed by atoms with Gasteiger partial charge in [0.1, 0.15) is 5.75 Å². The van der Waals surface area contributed by atoms with Crippen molar-refractivity contribution in [3.8, 4) is 5.75 Å². The Morgan fingerprint density at radius 3 is 3.00 bits per heavy atom. The van der Waals surface area contributed by atoms with Gasteiger partial charge in [-0.3, -0.25) is 0 Å². The Bertz CT molecular complexity index is 499. The number of nitrogens with one attached hydrogen (secondary N) is 1. The van der Waals surface area contributed by atoms with Crippen LogP contribution in [0.25, 0.3) is 0 Å². The number of thiophene rings is 1. The summed E-state index contributed by atoms with van der Waals surface area (Å²) in [6, 6.07) is 12.0. The fourth-order valence-corrected chi connectivity index (χ4v) is 2.59. The average Bonchev–Trinajstić information content (AvgIpc) is 2.99. The number of ether oxygens (including phenoxy) is 1. The zero-order chi connectivity index (χ0) is 14.2. The zero-order valence-corrected chi connectivity index (χ0v) is 12.4. The van der Waals surface area contributed by atoms with Crippen LogP contribution in [-0.2, 0) is 13.0 Å². The molecular formula is C16H20NO2S. The van der Waals surface area contributed by atoms with Crippen molar-refractivity contribution in [1.82, 2.24) is 5.32 Å². The van der Waals surface area contributed by atoms with E-state index in [1.54, 1.807) is 18.4 Å². The molecule has 0 aliphatic rings. The smallest absolute Gasteiger partial charge is 0.119 e. The van der Waals surface area contributed by atoms with E-state index in [2.05, 4.69) is 16.8 Å². The van der Waals surface area contributed by atoms with E-state index in [0.717, 1.165) is 24.3 Å². The minimum absolute atomic E-state index is 0.428. The summed E-state index contributed by atoms with van der Waals surface area (Å²) in [6.07, 6.45) is 2.33. The maximum absolute atomic E-state index is 9.89. The minimum atomic E-state index is -0.428. The molecule has 1 radical (unpaired) electrons. The van der Waals surface area contributed by atoms with Crippen molar-refractivity contribution < 1.29 is 9.84 Å². The second kappa shape index (κ2) is 8.04. The first-order valence-electron chi connectivity index (χ1n) is 6.65. The fraction of sp³-hybridized carbons (Fsp3) is 0.312. The van der Waals surface area contributed by atoms with Gasteiger partial charge in [-0.1, -0.05) is 18.2 Å². The first-order chi connectivity index (χ1) is 9.78. The molecule has 3 nitrogen and oxygen atoms in total. The molecule has 1 heterocycles. The van der Waals surface area contributed by atoms with Crippen LogP contribution in [0.3, 0.4) is 0 Å². The van der Waals surface area contributed by atoms with Crippen molar-refractivity contribution in [3.05, 3.63) is 58.6 Å². The maximum Gasteiger partial charge on any atom is 0.119 e. The standard InChI is InChI=1S/C16H20NO2S/c1-19-15-5-2-4-13(10-15)11-17-12-14(18)7-8-16-6-3-9-20-16/h2-7,9-10,14,17-18H,8,11-12H2,1H3/t14-/m1/s1. The SMILES string of the molecule is COc1cccc(CNC[C@H](O)[CH]Cc2cccs2)c1. The summed E-state index contributed by atoms with van der Waals surface area (Å²) < 4.78 is 5.18. The summed E-state index contributed by atoms with van der Waals surface area (Å²) in [5, 5.41) is 15.2. The highest BCUT2D eigenvalue weighted by Gasteiger charge is 2.05. The molecule has 0 amide bonds. The number of hydrogen-bond donors (Lipinski definition) is 2. The van der Waals surface area contributed by atoms with E-state index >= 15 is 0 Å². The van der Waals surface area contributed by atoms with E-state index in [1.807, 2.05) is 36.8 Å². The molecule has 0 spiro atoms. The van der Waals surface area contributed by atoms with Crippen LogP contribution >= 0.6 is 11.3 Å². The number of aliphatic hydroxyl groups excluding tert-OH is 1. The van der Waals surface area contributed by atoms with Crippen LogP contribution in [0.5, 0.6) is 5.75 Å². The molecule has 0 bridgehead atoms. The molecule has 1 aromatic heterocycles. The van der Waals surface area contributed by atoms with Gasteiger partial charge in [-0.2, -0.15) is 0 Å². The second-order valence-electron chi connectivity index (χ2n) is 4.57. The molecule has 0 aliphatic carbocycles. The van der Waals surface area contributed by atoms with Crippen molar-refractivity contribution in [2.24, 2.45) is 0 Å². The Balaban J connectivity index is 1.66. The molecule has 0 aliphatic heterocycles. The molecule has 20 heavy (non-hydrogen) atoms. The van der Waals surface area contributed by atoms with Crippen molar-refractivity contribution in [2.75, 3.05) is 13.7 Å². The molecule has 2 aromatic rings. The highest BCUT2D eigenvalue weighted by Crippen LogP contribution is 2.13. The number of hydrogen-bond acceptors (Lipinski definition) is 4. The van der Waals surface area contributed by atoms with Crippen molar-refractivity contribution in [1.29, 1.82) is 0 Å². The Kier molecular flexibility index (Phi) is 6.05. The van der Waals surface area contributed by atoms with E-state index in [0.29, 0.717) is 6.54 Å². The molecule has 2 rings (SSSR count). The second-order valence-corrected chi connectivity index (χ2v) is 5.60. The summed E-state index contributed by atoms with van der Waals surface area (Å²) in [4.78, 5) is 1.27. The summed E-state index contributed by atoms with van der Waals surface area (Å²) in [5.41, 5.74) is 1.15. The first kappa shape index (κ1) is 15.0. The van der Waals surface area contributed by atoms with Crippen LogP contribution in [0.4, 0.5) is 0 Å². The molecule has 1 aromatic carbocycles. The summed E-state index contributed by atoms with van der Waals surface area (Å²) in [6.45, 7) is 1.28. The Morgan fingerprint density at radius 1 is 1.35 bits per heavy atom. The van der Waals surface area contributed by atoms with Gasteiger partial charge in [0.15, 0.2) is 0 Å². The minimum Gasteiger partial charge on any atom is -0.497 e. The highest BCUT2D eigenvalue weighted by atomic mass is 32.1. The highest BCUT2D eigenvalue weighted by molar-refractivity contribution is 7.09. The van der Waals surface area contributed by atoms with Crippen molar-refractivity contribution in [3.63, 3.8) is 0 Å². The quantitative estimate of drug-likeness (QED) is 0.785. The van der Waals surface area contributed by atoms with Gasteiger partial charge in [-0.25, -0.2) is 0 Å². The van der Waals surface area contributed by atoms with Crippen molar-refractivity contribution in [2.45, 2.75) is 19.1 Å². The Morgan fingerprint density at radius 2 is 2.25 bits per heavy atom. The van der Waals surface area contributed by atoms with Crippen LogP contribution in [0.1, 0.15) is 10.4 Å². The predicted octanol–water partition coefficient (Wildman–Crippen LogP) is 2.65. The molecule has 0 saturated heterocycles. The number of benzene rings is 1. The summed E-state index contributed by atoms with van der Waals surface area (Å²) in [5.74, 6) is 0.856. The summed E-state index contributed by atoms with van der Waals surface area (Å²) >= 11 is 1.71. The third-order valence-electron chi connectivity index (χ3n) is 2.99. The molecule has 1 atom stereocenters. The molecule has 0 unspecified atom stereocenters. The molecular weight excluding hydrogens is 270 g/mol. The lowest BCUT2D eigenvalue weighted by molar-refractivity contribution is 0.200. The van der Waals surface area contributed by atoms with Crippen LogP contribution in [-0.4, -0.2) is 24.9 Å². The van der Waals surface area contributed by atoms with Gasteiger partial charge >= 0.3 is 0 Å². The zero-order valence-electron chi connectivity index (χ0n) is 11.6. The van der Waals surface area contributed by atoms with Gasteiger partial charge in [0.2, 0.25) is 0 Å². The van der Waals surface area contributed by atoms with Crippen molar-refractivity contribution >= 4 is 11.3 Å². The van der Waals surface area contributed by atoms with E-state index < -0.39 is 6.10 Å². The first-order valence-corrected chi connectivity index (χ1v) is 7.53. The predicted molar refractivity (Wildman–Crippen MR) is 83.0 cm³/mol. The number of methoxy groups -OCH3 is 1. The fourth-order valence-electron chi connectivity index (χ4n) is 1.91. The largest absolute Gasteiger partial charge is 0.497 e. The van der Waals surface area contributed by atoms with E-state index in [4.69, 9.17) is 4.74 Å². The normalized spacial score (nSPS) is 12.3. The van der Waals surface area contributed by atoms with E-state index in [1.165, 1.54) is 4.88 Å². The van der Waals surface area contributed by atoms with Crippen LogP contribution in [0.2, 0.25) is 0 Å². The van der Waals surface area contributed by atoms with Crippen LogP contribution in [0.15, 0.2) is 41.8 Å². The average molecular weight is 290 g/mol. The molecule has 107 valence electrons. The third kappa shape index (κ3) is 4.96. The van der Waals surface area contributed by atoms with Crippen LogP contribution in [0, 0.1) is 6.42 Å². The lowest BCUT2D eigenvalue weighted by Crippen LogP contribution is -2.27. The number of rotatable bonds is 8. The summed E-state index contributed by atoms with van der Waals surface area (Å²) in [7, 11) is 1.66. The molecule has 0 fully saturated rings. The van der Waals surface area contributed by atoms with E-state index in [9.17, 15) is 5.11 Å². The lowest BCUT2D eigenvalue weighted by Gasteiger charge is -2.11. The molecule has 4 heteroatoms. The topological polar surface area (TPSA) is 41.5 Å². The Hall–Kier alpha value is -1.36. The Labute approximate surface area is 124 Å². The van der Waals surface area contributed by atoms with Gasteiger partial charge in [0.05, 0.1) is 13.2 Å². The monoisotopic (exact) mass is 290 g/mol. The lowest BCUT2D eigenvalue weighted by atomic mass is 10.1. The van der Waals surface area contributed by atoms with Gasteiger partial charge in [0.25, 0.3) is 0 Å². The van der Waals surface area contributed by atoms with Crippen LogP contribution < -0.4 is 10.1 Å². The van der Waals surface area contributed by atoms with Gasteiger partial charge in [0, 0.05) is 18.0 Å². The van der Waals surface area contributed by atoms with E-state index in [-0.39, 0.29) is 0 Å². The molecule has 0 saturated carbocycles.